The van der Waals surface area contributed by atoms with Crippen LogP contribution >= 0.6 is 46.3 Å². The third-order valence-electron chi connectivity index (χ3n) is 7.65. The van der Waals surface area contributed by atoms with Crippen molar-refractivity contribution in [3.63, 3.8) is 0 Å². The van der Waals surface area contributed by atoms with Crippen LogP contribution in [-0.4, -0.2) is 48.9 Å². The van der Waals surface area contributed by atoms with Crippen LogP contribution in [0, 0.1) is 5.92 Å². The fraction of sp³-hybridized carbons (Fsp3) is 0.226. The number of hydrogen-bond donors (Lipinski definition) is 1. The third-order valence-corrected chi connectivity index (χ3v) is 11.0. The van der Waals surface area contributed by atoms with Crippen molar-refractivity contribution in [2.75, 3.05) is 31.5 Å². The van der Waals surface area contributed by atoms with Gasteiger partial charge >= 0.3 is 4.87 Å². The van der Waals surface area contributed by atoms with E-state index in [1.54, 1.807) is 54.6 Å². The van der Waals surface area contributed by atoms with E-state index in [1.165, 1.54) is 36.9 Å². The summed E-state index contributed by atoms with van der Waals surface area (Å²) >= 11 is 14.2. The molecule has 1 fully saturated rings. The Labute approximate surface area is 275 Å². The fourth-order valence-corrected chi connectivity index (χ4v) is 8.64. The average Bonchev–Trinajstić information content (AvgIpc) is 3.48. The van der Waals surface area contributed by atoms with Gasteiger partial charge in [-0.2, -0.15) is 0 Å². The second-order valence-electron chi connectivity index (χ2n) is 10.2. The van der Waals surface area contributed by atoms with Crippen LogP contribution in [0.4, 0.5) is 11.4 Å². The van der Waals surface area contributed by atoms with E-state index in [9.17, 15) is 19.2 Å². The van der Waals surface area contributed by atoms with Gasteiger partial charge in [-0.3, -0.25) is 23.7 Å². The third kappa shape index (κ3) is 5.56. The van der Waals surface area contributed by atoms with Crippen LogP contribution in [0.15, 0.2) is 70.5 Å². The number of methoxy groups -OCH3 is 3. The molecule has 3 aromatic carbocycles. The summed E-state index contributed by atoms with van der Waals surface area (Å²) in [5.41, 5.74) is 1.48. The maximum atomic E-state index is 14.1. The Bertz CT molecular complexity index is 1890. The smallest absolute Gasteiger partial charge is 0.308 e. The number of aromatic nitrogens is 1. The Hall–Kier alpha value is -3.97. The van der Waals surface area contributed by atoms with Crippen LogP contribution in [0.1, 0.15) is 16.4 Å². The van der Waals surface area contributed by atoms with E-state index in [0.717, 1.165) is 23.1 Å². The highest BCUT2D eigenvalue weighted by Gasteiger charge is 2.57. The first-order valence-electron chi connectivity index (χ1n) is 13.5. The maximum absolute atomic E-state index is 14.1. The van der Waals surface area contributed by atoms with Gasteiger partial charge in [0, 0.05) is 16.5 Å². The predicted molar refractivity (Wildman–Crippen MR) is 174 cm³/mol. The van der Waals surface area contributed by atoms with Crippen molar-refractivity contribution in [2.45, 2.75) is 22.7 Å². The topological polar surface area (TPSA) is 116 Å². The van der Waals surface area contributed by atoms with Crippen molar-refractivity contribution in [1.82, 2.24) is 4.57 Å². The molecule has 2 aliphatic rings. The molecular weight excluding hydrogens is 661 g/mol. The first kappa shape index (κ1) is 31.0. The Morgan fingerprint density at radius 3 is 2.27 bits per heavy atom. The number of benzene rings is 3. The Kier molecular flexibility index (Phi) is 8.57. The zero-order valence-electron chi connectivity index (χ0n) is 24.0. The van der Waals surface area contributed by atoms with Crippen LogP contribution in [0.2, 0.25) is 10.0 Å². The summed E-state index contributed by atoms with van der Waals surface area (Å²) in [5, 5.41) is 2.94. The molecule has 3 amide bonds. The highest BCUT2D eigenvalue weighted by Crippen LogP contribution is 2.54. The number of halogens is 2. The van der Waals surface area contributed by atoms with E-state index in [1.807, 2.05) is 0 Å². The number of anilines is 2. The standard InChI is InChI=1S/C31H25Cl2N3O7S2/c1-41-18-8-6-17(7-9-18)36-28(38)25-24(15-4-11-21(42-2)22(12-15)43-3)27-30(44-26(25)29(36)39)35(31(40)45-27)14-23(37)34-16-5-10-19(32)20(33)13-16/h4-13,24-26H,14H2,1-3H3,(H,34,37)/t24-,25-,26+/m0/s1. The van der Waals surface area contributed by atoms with E-state index in [0.29, 0.717) is 49.1 Å². The van der Waals surface area contributed by atoms with Crippen molar-refractivity contribution < 1.29 is 28.6 Å². The van der Waals surface area contributed by atoms with Crippen molar-refractivity contribution in [3.8, 4) is 17.2 Å². The number of imide groups is 1. The minimum absolute atomic E-state index is 0.268. The summed E-state index contributed by atoms with van der Waals surface area (Å²) in [5.74, 6) is -1.29. The van der Waals surface area contributed by atoms with Gasteiger partial charge in [-0.15, -0.1) is 0 Å². The zero-order valence-corrected chi connectivity index (χ0v) is 27.2. The number of thiazole rings is 1. The molecule has 0 saturated carbocycles. The van der Waals surface area contributed by atoms with E-state index in [-0.39, 0.29) is 11.6 Å². The lowest BCUT2D eigenvalue weighted by atomic mass is 9.83. The molecule has 0 spiro atoms. The lowest BCUT2D eigenvalue weighted by molar-refractivity contribution is -0.122. The molecule has 0 aliphatic carbocycles. The lowest BCUT2D eigenvalue weighted by Gasteiger charge is -2.31. The van der Waals surface area contributed by atoms with E-state index in [2.05, 4.69) is 5.32 Å². The highest BCUT2D eigenvalue weighted by molar-refractivity contribution is 8.00. The zero-order chi connectivity index (χ0) is 32.0. The van der Waals surface area contributed by atoms with Gasteiger partial charge in [-0.25, -0.2) is 4.90 Å². The minimum atomic E-state index is -0.858. The summed E-state index contributed by atoms with van der Waals surface area (Å²) in [6.07, 6.45) is 0. The molecule has 6 rings (SSSR count). The Balaban J connectivity index is 1.42. The molecular formula is C31H25Cl2N3O7S2. The Morgan fingerprint density at radius 1 is 0.867 bits per heavy atom. The molecule has 1 saturated heterocycles. The lowest BCUT2D eigenvalue weighted by Crippen LogP contribution is -2.33. The number of carbonyl (C=O) groups excluding carboxylic acids is 3. The maximum Gasteiger partial charge on any atom is 0.308 e. The van der Waals surface area contributed by atoms with Crippen molar-refractivity contribution in [2.24, 2.45) is 5.92 Å². The number of amides is 3. The van der Waals surface area contributed by atoms with E-state index >= 15 is 0 Å². The molecule has 45 heavy (non-hydrogen) atoms. The SMILES string of the molecule is COc1ccc(N2C(=O)[C@H]3[C@H](c4ccc(OC)c(OC)c4)c4sc(=O)n(CC(=O)Nc5ccc(Cl)c(Cl)c5)c4S[C@H]3C2=O)cc1. The van der Waals surface area contributed by atoms with Crippen LogP contribution in [-0.2, 0) is 20.9 Å². The molecule has 2 aliphatic heterocycles. The molecule has 0 bridgehead atoms. The predicted octanol–water partition coefficient (Wildman–Crippen LogP) is 5.68. The second-order valence-corrected chi connectivity index (χ2v) is 13.1. The number of ether oxygens (including phenoxy) is 3. The molecule has 14 heteroatoms. The fourth-order valence-electron chi connectivity index (χ4n) is 5.56. The summed E-state index contributed by atoms with van der Waals surface area (Å²) in [6.45, 7) is -0.321. The molecule has 0 radical (unpaired) electrons. The molecule has 0 unspecified atom stereocenters. The number of nitrogens with one attached hydrogen (secondary N) is 1. The average molecular weight is 687 g/mol. The Morgan fingerprint density at radius 2 is 1.60 bits per heavy atom. The first-order valence-corrected chi connectivity index (χ1v) is 16.0. The molecule has 232 valence electrons. The highest BCUT2D eigenvalue weighted by atomic mass is 35.5. The van der Waals surface area contributed by atoms with Gasteiger partial charge in [0.2, 0.25) is 17.7 Å². The van der Waals surface area contributed by atoms with Gasteiger partial charge in [-0.05, 0) is 60.2 Å². The largest absolute Gasteiger partial charge is 0.497 e. The molecule has 10 nitrogen and oxygen atoms in total. The molecule has 1 aromatic heterocycles. The van der Waals surface area contributed by atoms with Crippen LogP contribution in [0.3, 0.4) is 0 Å². The van der Waals surface area contributed by atoms with Gasteiger partial charge in [0.25, 0.3) is 0 Å². The summed E-state index contributed by atoms with van der Waals surface area (Å²) < 4.78 is 17.5. The first-order chi connectivity index (χ1) is 21.6. The van der Waals surface area contributed by atoms with E-state index < -0.39 is 39.7 Å². The number of carbonyl (C=O) groups is 3. The summed E-state index contributed by atoms with van der Waals surface area (Å²) in [7, 11) is 4.55. The number of fused-ring (bicyclic) bond motifs is 2. The van der Waals surface area contributed by atoms with Gasteiger partial charge in [-0.1, -0.05) is 52.4 Å². The van der Waals surface area contributed by atoms with Crippen molar-refractivity contribution in [3.05, 3.63) is 90.8 Å². The second kappa shape index (κ2) is 12.4. The van der Waals surface area contributed by atoms with Crippen LogP contribution in [0.25, 0.3) is 0 Å². The molecule has 4 aromatic rings. The van der Waals surface area contributed by atoms with Gasteiger partial charge < -0.3 is 19.5 Å². The number of nitrogens with zero attached hydrogens (tertiary/aromatic N) is 2. The normalized spacial score (nSPS) is 18.8. The van der Waals surface area contributed by atoms with Crippen LogP contribution in [0.5, 0.6) is 17.2 Å². The van der Waals surface area contributed by atoms with Crippen LogP contribution < -0.4 is 29.3 Å². The number of thioether (sulfide) groups is 1. The molecule has 3 atom stereocenters. The summed E-state index contributed by atoms with van der Waals surface area (Å²) in [6, 6.07) is 16.6. The molecule has 3 heterocycles. The number of rotatable bonds is 8. The van der Waals surface area contributed by atoms with Gasteiger partial charge in [0.15, 0.2) is 11.5 Å². The monoisotopic (exact) mass is 685 g/mol. The quantitative estimate of drug-likeness (QED) is 0.236. The van der Waals surface area contributed by atoms with Gasteiger partial charge in [0.1, 0.15) is 17.5 Å². The van der Waals surface area contributed by atoms with E-state index in [4.69, 9.17) is 37.4 Å². The molecule has 1 N–H and O–H groups in total. The minimum Gasteiger partial charge on any atom is -0.497 e. The van der Waals surface area contributed by atoms with Gasteiger partial charge in [0.05, 0.1) is 48.0 Å². The number of hydrogen-bond acceptors (Lipinski definition) is 9. The van der Waals surface area contributed by atoms with Crippen molar-refractivity contribution in [1.29, 1.82) is 0 Å². The van der Waals surface area contributed by atoms with Crippen molar-refractivity contribution >= 4 is 75.4 Å². The summed E-state index contributed by atoms with van der Waals surface area (Å²) in [4.78, 5) is 56.1.